The fourth-order valence-electron chi connectivity index (χ4n) is 2.91. The van der Waals surface area contributed by atoms with Crippen LogP contribution in [0.1, 0.15) is 48.6 Å². The van der Waals surface area contributed by atoms with E-state index in [4.69, 9.17) is 10.5 Å². The van der Waals surface area contributed by atoms with E-state index in [1.165, 1.54) is 12.8 Å². The van der Waals surface area contributed by atoms with Gasteiger partial charge >= 0.3 is 0 Å². The summed E-state index contributed by atoms with van der Waals surface area (Å²) in [7, 11) is 1.64. The Balaban J connectivity index is 2.28. The summed E-state index contributed by atoms with van der Waals surface area (Å²) in [5, 5.41) is 3.40. The highest BCUT2D eigenvalue weighted by Gasteiger charge is 2.14. The minimum atomic E-state index is 0.275. The molecule has 1 aromatic heterocycles. The summed E-state index contributed by atoms with van der Waals surface area (Å²) in [5.74, 6) is 1.82. The average molecular weight is 356 g/mol. The molecule has 0 aliphatic heterocycles. The van der Waals surface area contributed by atoms with Gasteiger partial charge in [-0.2, -0.15) is 4.98 Å². The van der Waals surface area contributed by atoms with Crippen LogP contribution in [0.2, 0.25) is 0 Å². The monoisotopic (exact) mass is 356 g/mol. The number of rotatable bonds is 10. The van der Waals surface area contributed by atoms with E-state index in [2.05, 4.69) is 22.2 Å². The van der Waals surface area contributed by atoms with E-state index in [1.54, 1.807) is 7.11 Å². The highest BCUT2D eigenvalue weighted by atomic mass is 16.5. The first-order valence-corrected chi connectivity index (χ1v) is 9.05. The zero-order valence-electron chi connectivity index (χ0n) is 15.8. The quantitative estimate of drug-likeness (QED) is 0.501. The number of anilines is 2. The minimum Gasteiger partial charge on any atom is -0.496 e. The summed E-state index contributed by atoms with van der Waals surface area (Å²) in [4.78, 5) is 19.5. The number of nitrogens with two attached hydrogens (primary N) is 1. The Bertz CT molecular complexity index is 747. The van der Waals surface area contributed by atoms with Crippen LogP contribution in [-0.2, 0) is 17.6 Å². The van der Waals surface area contributed by atoms with Crippen molar-refractivity contribution in [3.8, 4) is 5.75 Å². The number of unbranched alkanes of at least 4 members (excludes halogenated alkanes) is 2. The Labute approximate surface area is 155 Å². The van der Waals surface area contributed by atoms with Gasteiger partial charge in [0.15, 0.2) is 0 Å². The lowest BCUT2D eigenvalue weighted by Crippen LogP contribution is -2.12. The standard InChI is InChI=1S/C20H28N4O2/c1-4-5-6-10-22-19-17(14(2)23-20(21)24-19)13-16-8-7-15(9-11-25)12-18(16)26-3/h7-8,11-12H,4-6,9-10,13H2,1-3H3,(H3,21,22,23,24). The summed E-state index contributed by atoms with van der Waals surface area (Å²) < 4.78 is 5.52. The van der Waals surface area contributed by atoms with E-state index >= 15 is 0 Å². The number of carbonyl (C=O) groups is 1. The van der Waals surface area contributed by atoms with Crippen LogP contribution in [0.5, 0.6) is 5.75 Å². The Morgan fingerprint density at radius 3 is 2.77 bits per heavy atom. The van der Waals surface area contributed by atoms with Crippen LogP contribution in [-0.4, -0.2) is 29.9 Å². The van der Waals surface area contributed by atoms with Crippen molar-refractivity contribution in [3.63, 3.8) is 0 Å². The van der Waals surface area contributed by atoms with Crippen LogP contribution in [0.25, 0.3) is 0 Å². The summed E-state index contributed by atoms with van der Waals surface area (Å²) in [6.07, 6.45) is 5.34. The maximum absolute atomic E-state index is 10.7. The third kappa shape index (κ3) is 5.18. The van der Waals surface area contributed by atoms with Gasteiger partial charge in [-0.15, -0.1) is 0 Å². The van der Waals surface area contributed by atoms with Gasteiger partial charge in [-0.05, 0) is 30.5 Å². The normalized spacial score (nSPS) is 10.6. The molecular formula is C20H28N4O2. The molecule has 0 unspecified atom stereocenters. The lowest BCUT2D eigenvalue weighted by atomic mass is 10.0. The molecule has 2 rings (SSSR count). The van der Waals surface area contributed by atoms with Crippen molar-refractivity contribution in [3.05, 3.63) is 40.6 Å². The molecule has 6 heteroatoms. The smallest absolute Gasteiger partial charge is 0.222 e. The molecule has 0 spiro atoms. The van der Waals surface area contributed by atoms with Crippen LogP contribution in [0.3, 0.4) is 0 Å². The zero-order chi connectivity index (χ0) is 18.9. The highest BCUT2D eigenvalue weighted by molar-refractivity contribution is 5.57. The fraction of sp³-hybridized carbons (Fsp3) is 0.450. The third-order valence-electron chi connectivity index (χ3n) is 4.34. The van der Waals surface area contributed by atoms with Crippen molar-refractivity contribution in [2.75, 3.05) is 24.7 Å². The molecule has 0 aliphatic carbocycles. The number of carbonyl (C=O) groups excluding carboxylic acids is 1. The number of ether oxygens (including phenoxy) is 1. The molecule has 2 aromatic rings. The summed E-state index contributed by atoms with van der Waals surface area (Å²) in [5.41, 5.74) is 9.67. The lowest BCUT2D eigenvalue weighted by Gasteiger charge is -2.16. The van der Waals surface area contributed by atoms with Crippen molar-refractivity contribution >= 4 is 18.1 Å². The largest absolute Gasteiger partial charge is 0.496 e. The Hall–Kier alpha value is -2.63. The van der Waals surface area contributed by atoms with Crippen LogP contribution >= 0.6 is 0 Å². The van der Waals surface area contributed by atoms with Gasteiger partial charge in [-0.1, -0.05) is 31.9 Å². The SMILES string of the molecule is CCCCCNc1nc(N)nc(C)c1Cc1ccc(CC=O)cc1OC. The first-order valence-electron chi connectivity index (χ1n) is 9.05. The molecular weight excluding hydrogens is 328 g/mol. The highest BCUT2D eigenvalue weighted by Crippen LogP contribution is 2.27. The second kappa shape index (κ2) is 9.75. The van der Waals surface area contributed by atoms with Crippen molar-refractivity contribution in [2.45, 2.75) is 46.0 Å². The topological polar surface area (TPSA) is 90.1 Å². The number of hydrogen-bond donors (Lipinski definition) is 2. The van der Waals surface area contributed by atoms with E-state index in [9.17, 15) is 4.79 Å². The number of nitrogens with zero attached hydrogens (tertiary/aromatic N) is 2. The molecule has 1 aromatic carbocycles. The molecule has 3 N–H and O–H groups in total. The van der Waals surface area contributed by atoms with E-state index < -0.39 is 0 Å². The number of aldehydes is 1. The number of nitrogen functional groups attached to an aromatic ring is 1. The van der Waals surface area contributed by atoms with Crippen LogP contribution < -0.4 is 15.8 Å². The summed E-state index contributed by atoms with van der Waals surface area (Å²) in [6.45, 7) is 4.97. The van der Waals surface area contributed by atoms with Gasteiger partial charge in [0, 0.05) is 30.6 Å². The Kier molecular flexibility index (Phi) is 7.38. The minimum absolute atomic E-state index is 0.275. The lowest BCUT2D eigenvalue weighted by molar-refractivity contribution is -0.107. The molecule has 0 fully saturated rings. The molecule has 0 saturated carbocycles. The molecule has 0 radical (unpaired) electrons. The summed E-state index contributed by atoms with van der Waals surface area (Å²) >= 11 is 0. The number of methoxy groups -OCH3 is 1. The van der Waals surface area contributed by atoms with Gasteiger partial charge in [0.05, 0.1) is 7.11 Å². The van der Waals surface area contributed by atoms with Gasteiger partial charge in [0.2, 0.25) is 5.95 Å². The molecule has 0 atom stereocenters. The van der Waals surface area contributed by atoms with Crippen LogP contribution in [0, 0.1) is 6.92 Å². The number of hydrogen-bond acceptors (Lipinski definition) is 6. The summed E-state index contributed by atoms with van der Waals surface area (Å²) in [6, 6.07) is 5.86. The van der Waals surface area contributed by atoms with Crippen LogP contribution in [0.4, 0.5) is 11.8 Å². The first kappa shape index (κ1) is 19.7. The molecule has 6 nitrogen and oxygen atoms in total. The van der Waals surface area contributed by atoms with Crippen molar-refractivity contribution in [2.24, 2.45) is 0 Å². The van der Waals surface area contributed by atoms with Gasteiger partial charge in [-0.3, -0.25) is 0 Å². The second-order valence-electron chi connectivity index (χ2n) is 6.32. The van der Waals surface area contributed by atoms with E-state index in [1.807, 2.05) is 25.1 Å². The average Bonchev–Trinajstić information content (AvgIpc) is 2.62. The predicted molar refractivity (Wildman–Crippen MR) is 105 cm³/mol. The number of aromatic nitrogens is 2. The molecule has 0 amide bonds. The molecule has 0 aliphatic rings. The fourth-order valence-corrected chi connectivity index (χ4v) is 2.91. The van der Waals surface area contributed by atoms with E-state index in [0.29, 0.717) is 12.8 Å². The number of nitrogens with one attached hydrogen (secondary N) is 1. The van der Waals surface area contributed by atoms with E-state index in [-0.39, 0.29) is 5.95 Å². The number of aryl methyl sites for hydroxylation is 1. The molecule has 26 heavy (non-hydrogen) atoms. The second-order valence-corrected chi connectivity index (χ2v) is 6.32. The van der Waals surface area contributed by atoms with Gasteiger partial charge < -0.3 is 20.6 Å². The van der Waals surface area contributed by atoms with Crippen LogP contribution in [0.15, 0.2) is 18.2 Å². The van der Waals surface area contributed by atoms with Gasteiger partial charge in [0.25, 0.3) is 0 Å². The zero-order valence-corrected chi connectivity index (χ0v) is 15.8. The first-order chi connectivity index (χ1) is 12.6. The maximum atomic E-state index is 10.7. The third-order valence-corrected chi connectivity index (χ3v) is 4.34. The van der Waals surface area contributed by atoms with E-state index in [0.717, 1.165) is 53.2 Å². The Morgan fingerprint density at radius 1 is 1.27 bits per heavy atom. The van der Waals surface area contributed by atoms with Gasteiger partial charge in [-0.25, -0.2) is 4.98 Å². The Morgan fingerprint density at radius 2 is 2.08 bits per heavy atom. The van der Waals surface area contributed by atoms with Crippen molar-refractivity contribution in [1.29, 1.82) is 0 Å². The predicted octanol–water partition coefficient (Wildman–Crippen LogP) is 3.31. The molecule has 0 bridgehead atoms. The van der Waals surface area contributed by atoms with Crippen molar-refractivity contribution in [1.82, 2.24) is 9.97 Å². The molecule has 140 valence electrons. The molecule has 0 saturated heterocycles. The molecule has 1 heterocycles. The maximum Gasteiger partial charge on any atom is 0.222 e. The number of benzene rings is 1. The van der Waals surface area contributed by atoms with Crippen molar-refractivity contribution < 1.29 is 9.53 Å². The van der Waals surface area contributed by atoms with Gasteiger partial charge in [0.1, 0.15) is 17.9 Å².